The first-order chi connectivity index (χ1) is 3.70. The molecule has 0 saturated carbocycles. The van der Waals surface area contributed by atoms with Gasteiger partial charge in [-0.1, -0.05) is 11.6 Å². The second-order valence-electron chi connectivity index (χ2n) is 1.32. The van der Waals surface area contributed by atoms with E-state index in [0.717, 1.165) is 9.90 Å². The zero-order valence-corrected chi connectivity index (χ0v) is 5.44. The van der Waals surface area contributed by atoms with Crippen molar-refractivity contribution in [2.24, 2.45) is 0 Å². The highest BCUT2D eigenvalue weighted by Crippen LogP contribution is 2.20. The Balaban J connectivity index is 3.14. The minimum Gasteiger partial charge on any atom is -0.132 e. The normalized spacial score (nSPS) is 11.4. The van der Waals surface area contributed by atoms with Gasteiger partial charge in [0.15, 0.2) is 0 Å². The molecule has 1 heterocycles. The van der Waals surface area contributed by atoms with Gasteiger partial charge in [-0.3, -0.25) is 0 Å². The van der Waals surface area contributed by atoms with Crippen LogP contribution in [0, 0.1) is 6.92 Å². The van der Waals surface area contributed by atoms with Gasteiger partial charge >= 0.3 is 0 Å². The zero-order valence-electron chi connectivity index (χ0n) is 4.86. The second-order valence-corrected chi connectivity index (χ2v) is 2.77. The molecule has 0 aliphatic heterocycles. The third kappa shape index (κ3) is 0.956. The molecule has 0 aliphatic rings. The molecule has 0 bridgehead atoms. The molecule has 0 aromatic carbocycles. The Morgan fingerprint density at radius 1 is 2.00 bits per heavy atom. The van der Waals surface area contributed by atoms with Gasteiger partial charge in [-0.05, 0) is 23.9 Å². The van der Waals surface area contributed by atoms with Crippen LogP contribution in [-0.2, 0) is 0 Å². The summed E-state index contributed by atoms with van der Waals surface area (Å²) >= 11 is 6.93. The molecule has 0 spiro atoms. The van der Waals surface area contributed by atoms with Crippen molar-refractivity contribution in [1.29, 1.82) is 0 Å². The van der Waals surface area contributed by atoms with Crippen molar-refractivity contribution in [3.05, 3.63) is 21.3 Å². The van der Waals surface area contributed by atoms with Crippen LogP contribution < -0.4 is 0 Å². The molecule has 38 valence electrons. The van der Waals surface area contributed by atoms with Crippen LogP contribution in [0.2, 0.25) is 4.34 Å². The molecule has 1 aromatic heterocycles. The van der Waals surface area contributed by atoms with Crippen LogP contribution in [0.3, 0.4) is 0 Å². The molecule has 2 heteroatoms. The molecule has 0 saturated heterocycles. The molecule has 0 radical (unpaired) electrons. The summed E-state index contributed by atoms with van der Waals surface area (Å²) in [5.74, 6) is 0. The molecular formula is C5H5ClS. The van der Waals surface area contributed by atoms with E-state index in [2.05, 4.69) is 0 Å². The van der Waals surface area contributed by atoms with Gasteiger partial charge in [0.05, 0.1) is 5.71 Å². The smallest absolute Gasteiger partial charge is 0.0957 e. The van der Waals surface area contributed by atoms with Crippen LogP contribution in [0.5, 0.6) is 0 Å². The summed E-state index contributed by atoms with van der Waals surface area (Å²) in [5, 5.41) is 0.535. The molecule has 1 aromatic rings. The Kier molecular flexibility index (Phi) is 1.04. The molecule has 0 amide bonds. The molecule has 0 nitrogen and oxygen atoms in total. The van der Waals surface area contributed by atoms with Crippen molar-refractivity contribution < 1.29 is 1.37 Å². The third-order valence-electron chi connectivity index (χ3n) is 0.734. The van der Waals surface area contributed by atoms with E-state index in [-0.39, 0.29) is 0 Å². The van der Waals surface area contributed by atoms with Crippen LogP contribution in [0.15, 0.2) is 11.4 Å². The maximum atomic E-state index is 7.09. The average Bonchev–Trinajstić information content (AvgIpc) is 1.85. The monoisotopic (exact) mass is 133 g/mol. The lowest BCUT2D eigenvalue weighted by Gasteiger charge is -1.76. The van der Waals surface area contributed by atoms with E-state index in [1.165, 1.54) is 11.3 Å². The van der Waals surface area contributed by atoms with Crippen LogP contribution >= 0.6 is 22.9 Å². The van der Waals surface area contributed by atoms with Crippen molar-refractivity contribution in [3.63, 3.8) is 0 Å². The van der Waals surface area contributed by atoms with E-state index < -0.39 is 0 Å². The zero-order chi connectivity index (χ0) is 6.15. The van der Waals surface area contributed by atoms with Gasteiger partial charge < -0.3 is 0 Å². The SMILES string of the molecule is [2H]c1cc(C)c(Cl)s1. The number of aryl methyl sites for hydroxylation is 1. The summed E-state index contributed by atoms with van der Waals surface area (Å²) in [7, 11) is 0. The highest BCUT2D eigenvalue weighted by molar-refractivity contribution is 7.14. The summed E-state index contributed by atoms with van der Waals surface area (Å²) in [6, 6.07) is 1.76. The fraction of sp³-hybridized carbons (Fsp3) is 0.200. The standard InChI is InChI=1S/C5H5ClS/c1-4-2-3-7-5(4)6/h2-3H,1H3/i3D. The molecule has 0 N–H and O–H groups in total. The van der Waals surface area contributed by atoms with Gasteiger partial charge in [0.1, 0.15) is 0 Å². The molecule has 7 heavy (non-hydrogen) atoms. The summed E-state index contributed by atoms with van der Waals surface area (Å²) in [4.78, 5) is 0. The Hall–Kier alpha value is -0.0100. The molecule has 0 aliphatic carbocycles. The summed E-state index contributed by atoms with van der Waals surface area (Å²) in [5.41, 5.74) is 1.00. The van der Waals surface area contributed by atoms with Crippen molar-refractivity contribution in [3.8, 4) is 0 Å². The van der Waals surface area contributed by atoms with Gasteiger partial charge in [0.2, 0.25) is 0 Å². The third-order valence-corrected chi connectivity index (χ3v) is 2.00. The predicted molar refractivity (Wildman–Crippen MR) is 34.1 cm³/mol. The van der Waals surface area contributed by atoms with Crippen LogP contribution in [-0.4, -0.2) is 0 Å². The summed E-state index contributed by atoms with van der Waals surface area (Å²) < 4.78 is 7.82. The number of hydrogen-bond acceptors (Lipinski definition) is 1. The number of rotatable bonds is 0. The maximum absolute atomic E-state index is 7.09. The Morgan fingerprint density at radius 2 is 2.71 bits per heavy atom. The first-order valence-corrected chi connectivity index (χ1v) is 3.12. The van der Waals surface area contributed by atoms with E-state index in [0.29, 0.717) is 5.36 Å². The lowest BCUT2D eigenvalue weighted by atomic mass is 10.4. The van der Waals surface area contributed by atoms with Gasteiger partial charge in [-0.15, -0.1) is 11.3 Å². The van der Waals surface area contributed by atoms with Gasteiger partial charge in [0.25, 0.3) is 0 Å². The summed E-state index contributed by atoms with van der Waals surface area (Å²) in [6.07, 6.45) is 0. The highest BCUT2D eigenvalue weighted by atomic mass is 35.5. The minimum atomic E-state index is 0.535. The number of thiophene rings is 1. The lowest BCUT2D eigenvalue weighted by Crippen LogP contribution is -1.54. The molecular weight excluding hydrogens is 128 g/mol. The quantitative estimate of drug-likeness (QED) is 0.511. The Labute approximate surface area is 53.1 Å². The van der Waals surface area contributed by atoms with Crippen LogP contribution in [0.1, 0.15) is 6.93 Å². The topological polar surface area (TPSA) is 0 Å². The van der Waals surface area contributed by atoms with E-state index >= 15 is 0 Å². The number of halogens is 1. The van der Waals surface area contributed by atoms with E-state index in [1.54, 1.807) is 6.07 Å². The van der Waals surface area contributed by atoms with Gasteiger partial charge in [-0.25, -0.2) is 0 Å². The molecule has 0 unspecified atom stereocenters. The van der Waals surface area contributed by atoms with Crippen molar-refractivity contribution in [2.75, 3.05) is 0 Å². The van der Waals surface area contributed by atoms with Crippen molar-refractivity contribution >= 4 is 22.9 Å². The van der Waals surface area contributed by atoms with Crippen LogP contribution in [0.4, 0.5) is 0 Å². The molecule has 1 rings (SSSR count). The molecule has 0 fully saturated rings. The van der Waals surface area contributed by atoms with Crippen molar-refractivity contribution in [2.45, 2.75) is 6.92 Å². The fourth-order valence-electron chi connectivity index (χ4n) is 0.307. The van der Waals surface area contributed by atoms with E-state index in [4.69, 9.17) is 13.0 Å². The summed E-state index contributed by atoms with van der Waals surface area (Å²) in [6.45, 7) is 1.90. The molecule has 0 atom stereocenters. The van der Waals surface area contributed by atoms with E-state index in [9.17, 15) is 0 Å². The Morgan fingerprint density at radius 3 is 2.86 bits per heavy atom. The fourth-order valence-corrected chi connectivity index (χ4v) is 1.05. The highest BCUT2D eigenvalue weighted by Gasteiger charge is 1.89. The lowest BCUT2D eigenvalue weighted by molar-refractivity contribution is 1.56. The van der Waals surface area contributed by atoms with E-state index in [1.807, 2.05) is 6.92 Å². The maximum Gasteiger partial charge on any atom is 0.0957 e. The Bertz CT molecular complexity index is 175. The first kappa shape index (κ1) is 3.93. The van der Waals surface area contributed by atoms with Gasteiger partial charge in [-0.2, -0.15) is 0 Å². The number of hydrogen-bond donors (Lipinski definition) is 0. The average molecular weight is 134 g/mol. The van der Waals surface area contributed by atoms with Crippen LogP contribution in [0.25, 0.3) is 0 Å². The van der Waals surface area contributed by atoms with Crippen molar-refractivity contribution in [1.82, 2.24) is 0 Å². The predicted octanol–water partition coefficient (Wildman–Crippen LogP) is 2.71. The van der Waals surface area contributed by atoms with Gasteiger partial charge in [0, 0.05) is 0 Å². The largest absolute Gasteiger partial charge is 0.132 e. The first-order valence-electron chi connectivity index (χ1n) is 2.42. The minimum absolute atomic E-state index is 0.535. The second kappa shape index (κ2) is 1.85.